The average Bonchev–Trinajstić information content (AvgIpc) is 3.55. The van der Waals surface area contributed by atoms with Gasteiger partial charge >= 0.3 is 35.5 Å². The number of thiocarbonyl (C=S) groups is 1. The van der Waals surface area contributed by atoms with Crippen LogP contribution in [0.15, 0.2) is 10.8 Å². The van der Waals surface area contributed by atoms with E-state index in [1.54, 1.807) is 24.6 Å². The Kier molecular flexibility index (Phi) is 36.4. The molecule has 11 nitrogen and oxygen atoms in total. The summed E-state index contributed by atoms with van der Waals surface area (Å²) in [4.78, 5) is 51.7. The Labute approximate surface area is 293 Å². The molecule has 2 rings (SSSR count). The summed E-state index contributed by atoms with van der Waals surface area (Å²) in [5.41, 5.74) is 6.29. The third-order valence-electron chi connectivity index (χ3n) is 3.92. The molecule has 0 aliphatic rings. The van der Waals surface area contributed by atoms with Crippen molar-refractivity contribution >= 4 is 63.9 Å². The second kappa shape index (κ2) is 29.1. The van der Waals surface area contributed by atoms with Crippen molar-refractivity contribution in [2.24, 2.45) is 11.1 Å². The number of ketones is 2. The van der Waals surface area contributed by atoms with Crippen LogP contribution in [0.1, 0.15) is 122 Å². The van der Waals surface area contributed by atoms with Crippen molar-refractivity contribution in [3.8, 4) is 0 Å². The monoisotopic (exact) mass is 675 g/mol. The van der Waals surface area contributed by atoms with E-state index in [0.29, 0.717) is 34.4 Å². The van der Waals surface area contributed by atoms with Gasteiger partial charge < -0.3 is 30.5 Å². The van der Waals surface area contributed by atoms with E-state index in [1.165, 1.54) is 29.6 Å². The van der Waals surface area contributed by atoms with E-state index in [4.69, 9.17) is 37.8 Å². The predicted molar refractivity (Wildman–Crippen MR) is 173 cm³/mol. The van der Waals surface area contributed by atoms with Gasteiger partial charge in [0.2, 0.25) is 0 Å². The number of esters is 1. The zero-order chi connectivity index (χ0) is 32.1. The largest absolute Gasteiger partial charge is 1.00 e. The van der Waals surface area contributed by atoms with Crippen LogP contribution in [0.4, 0.5) is 0 Å². The van der Waals surface area contributed by atoms with Crippen LogP contribution >= 0.6 is 34.9 Å². The summed E-state index contributed by atoms with van der Waals surface area (Å²) < 4.78 is 4.86. The number of thiazole rings is 2. The number of hydrogen-bond acceptors (Lipinski definition) is 13. The van der Waals surface area contributed by atoms with Gasteiger partial charge in [-0.3, -0.25) is 9.59 Å². The van der Waals surface area contributed by atoms with Gasteiger partial charge in [-0.15, -0.1) is 22.7 Å². The predicted octanol–water partition coefficient (Wildman–Crippen LogP) is 2.47. The maximum Gasteiger partial charge on any atom is 1.00 e. The number of nitrogens with two attached hydrogens (primary N) is 1. The molecule has 244 valence electrons. The minimum Gasteiger partial charge on any atom is -0.662 e. The van der Waals surface area contributed by atoms with Crippen LogP contribution in [0.5, 0.6) is 0 Å². The number of ether oxygens (including phenoxy) is 1. The van der Waals surface area contributed by atoms with Crippen LogP contribution in [-0.2, 0) is 31.2 Å². The van der Waals surface area contributed by atoms with E-state index < -0.39 is 0 Å². The van der Waals surface area contributed by atoms with E-state index in [1.807, 2.05) is 27.7 Å². The first-order chi connectivity index (χ1) is 18.3. The van der Waals surface area contributed by atoms with E-state index in [2.05, 4.69) is 35.6 Å². The molecular weight excluding hydrogens is 626 g/mol. The Bertz CT molecular complexity index is 1050. The standard InChI is InChI=1S/C10H15NO2S.C6H7NO2S.C5H11NS.C4H8O.CH2O3.2CH4.Na/c1-5-13-8(12)7-6-14-9(11-7)10(2,3)4;1-4(9)6-7-5(2-8)3-10-6;1-5(2,3)4(6)7;1-3-4(2)5;2-1-4-3;;;/h6H,5H2,1-4H3;3,8H,2H2,1H3;1-3H3,(H2,6,7);3H2,1-2H3;1,3H;2*1H4;/q;;;;;;;+1/p-1. The molecule has 0 atom stereocenters. The molecule has 0 fully saturated rings. The summed E-state index contributed by atoms with van der Waals surface area (Å²) in [6.45, 7) is 19.0. The molecule has 15 heteroatoms. The number of hydrogen-bond donors (Lipinski definition) is 2. The minimum absolute atomic E-state index is 0. The molecule has 0 radical (unpaired) electrons. The second-order valence-electron chi connectivity index (χ2n) is 9.73. The molecule has 0 unspecified atom stereocenters. The van der Waals surface area contributed by atoms with Crippen molar-refractivity contribution < 1.29 is 68.7 Å². The molecule has 0 aliphatic heterocycles. The van der Waals surface area contributed by atoms with Crippen LogP contribution in [0, 0.1) is 5.41 Å². The molecule has 0 bridgehead atoms. The molecule has 43 heavy (non-hydrogen) atoms. The summed E-state index contributed by atoms with van der Waals surface area (Å²) in [7, 11) is 0. The number of rotatable bonds is 6. The van der Waals surface area contributed by atoms with Crippen molar-refractivity contribution in [3.63, 3.8) is 0 Å². The van der Waals surface area contributed by atoms with Crippen molar-refractivity contribution in [2.75, 3.05) is 6.61 Å². The van der Waals surface area contributed by atoms with E-state index in [9.17, 15) is 14.4 Å². The van der Waals surface area contributed by atoms with E-state index >= 15 is 0 Å². The number of nitrogens with zero attached hydrogens (tertiary/aromatic N) is 2. The summed E-state index contributed by atoms with van der Waals surface area (Å²) in [5.74, 6) is -0.131. The van der Waals surface area contributed by atoms with Crippen molar-refractivity contribution in [3.05, 3.63) is 32.2 Å². The Morgan fingerprint density at radius 1 is 1.05 bits per heavy atom. The number of Topliss-reactive ketones (excluding diaryl/α,β-unsaturated/α-hetero) is 2. The Hall–Kier alpha value is -1.65. The fraction of sp³-hybridized carbons (Fsp3) is 0.607. The van der Waals surface area contributed by atoms with Crippen molar-refractivity contribution in [2.45, 2.75) is 103 Å². The van der Waals surface area contributed by atoms with E-state index in [0.717, 1.165) is 5.01 Å². The summed E-state index contributed by atoms with van der Waals surface area (Å²) in [5, 5.41) is 21.8. The number of carbonyl (C=O) groups is 4. The van der Waals surface area contributed by atoms with Gasteiger partial charge in [0, 0.05) is 34.9 Å². The fourth-order valence-electron chi connectivity index (χ4n) is 1.46. The van der Waals surface area contributed by atoms with Crippen molar-refractivity contribution in [1.82, 2.24) is 9.97 Å². The van der Waals surface area contributed by atoms with Crippen LogP contribution < -0.4 is 40.5 Å². The number of aromatic nitrogens is 2. The van der Waals surface area contributed by atoms with Gasteiger partial charge in [0.1, 0.15) is 5.78 Å². The molecule has 0 saturated carbocycles. The Balaban J connectivity index is -0.000000105. The maximum absolute atomic E-state index is 11.3. The normalized spacial score (nSPS) is 9.21. The van der Waals surface area contributed by atoms with Gasteiger partial charge in [-0.25, -0.2) is 14.8 Å². The molecule has 0 spiro atoms. The van der Waals surface area contributed by atoms with E-state index in [-0.39, 0.29) is 85.9 Å². The SMILES string of the molecule is C.C.CC(=O)c1nc(CO)cs1.CC(C)(C)C(N)=S.CCC(C)=O.CCOC(=O)c1csc(C(C)(C)C)n1.O=CO[O-].[Na+]. The maximum atomic E-state index is 11.3. The molecule has 3 N–H and O–H groups in total. The molecule has 0 aliphatic carbocycles. The Morgan fingerprint density at radius 3 is 1.70 bits per heavy atom. The second-order valence-corrected chi connectivity index (χ2v) is 11.9. The first-order valence-electron chi connectivity index (χ1n) is 12.0. The van der Waals surface area contributed by atoms with Gasteiger partial charge in [0.05, 0.1) is 28.9 Å². The van der Waals surface area contributed by atoms with Gasteiger partial charge in [-0.05, 0) is 13.8 Å². The Morgan fingerprint density at radius 2 is 1.49 bits per heavy atom. The molecular formula is C28H50N3NaO8S3. The first-order valence-corrected chi connectivity index (χ1v) is 14.2. The summed E-state index contributed by atoms with van der Waals surface area (Å²) in [6, 6.07) is 0. The molecule has 2 aromatic rings. The number of aliphatic hydroxyl groups excluding tert-OH is 1. The number of carbonyl (C=O) groups excluding carboxylic acids is 4. The molecule has 2 aromatic heterocycles. The zero-order valence-electron chi connectivity index (χ0n) is 25.9. The quantitative estimate of drug-likeness (QED) is 0.0870. The van der Waals surface area contributed by atoms with Crippen LogP contribution in [0.25, 0.3) is 0 Å². The molecule has 0 saturated heterocycles. The van der Waals surface area contributed by atoms with Crippen LogP contribution in [-0.4, -0.2) is 50.7 Å². The van der Waals surface area contributed by atoms with Gasteiger partial charge in [0.15, 0.2) is 16.5 Å². The molecule has 2 heterocycles. The molecule has 0 aromatic carbocycles. The molecule has 0 amide bonds. The van der Waals surface area contributed by atoms with Gasteiger partial charge in [0.25, 0.3) is 6.47 Å². The minimum atomic E-state index is -0.334. The fourth-order valence-corrected chi connectivity index (χ4v) is 3.05. The topological polar surface area (TPSA) is 182 Å². The van der Waals surface area contributed by atoms with Crippen LogP contribution in [0.2, 0.25) is 0 Å². The third-order valence-corrected chi connectivity index (χ3v) is 6.79. The summed E-state index contributed by atoms with van der Waals surface area (Å²) in [6.07, 6.45) is 0.667. The number of aliphatic hydroxyl groups is 1. The third kappa shape index (κ3) is 30.2. The van der Waals surface area contributed by atoms with Gasteiger partial charge in [-0.1, -0.05) is 75.5 Å². The smallest absolute Gasteiger partial charge is 0.662 e. The average molecular weight is 676 g/mol. The first kappa shape index (κ1) is 53.9. The zero-order valence-corrected chi connectivity index (χ0v) is 30.3. The van der Waals surface area contributed by atoms with Crippen LogP contribution in [0.3, 0.4) is 0 Å². The van der Waals surface area contributed by atoms with Gasteiger partial charge in [-0.2, -0.15) is 0 Å². The summed E-state index contributed by atoms with van der Waals surface area (Å²) >= 11 is 7.47. The van der Waals surface area contributed by atoms with Crippen molar-refractivity contribution in [1.29, 1.82) is 0 Å².